The summed E-state index contributed by atoms with van der Waals surface area (Å²) >= 11 is 0. The lowest BCUT2D eigenvalue weighted by atomic mass is 10.2. The minimum Gasteiger partial charge on any atom is -0.267 e. The van der Waals surface area contributed by atoms with Gasteiger partial charge in [0.2, 0.25) is 0 Å². The number of nitro groups is 1. The highest BCUT2D eigenvalue weighted by Crippen LogP contribution is 2.11. The summed E-state index contributed by atoms with van der Waals surface area (Å²) in [6.07, 6.45) is 3.67. The summed E-state index contributed by atoms with van der Waals surface area (Å²) in [7, 11) is 0. The van der Waals surface area contributed by atoms with E-state index in [0.717, 1.165) is 5.56 Å². The lowest BCUT2D eigenvalue weighted by molar-refractivity contribution is -0.384. The molecule has 1 amide bonds. The van der Waals surface area contributed by atoms with Crippen LogP contribution in [0.25, 0.3) is 6.08 Å². The van der Waals surface area contributed by atoms with Gasteiger partial charge in [0.15, 0.2) is 0 Å². The Kier molecular flexibility index (Phi) is 5.35. The van der Waals surface area contributed by atoms with Crippen molar-refractivity contribution in [2.45, 2.75) is 6.92 Å². The molecular formula is C17H15N3O3. The maximum absolute atomic E-state index is 11.9. The summed E-state index contributed by atoms with van der Waals surface area (Å²) < 4.78 is 0. The molecule has 0 spiro atoms. The molecule has 0 saturated carbocycles. The normalized spacial score (nSPS) is 11.4. The van der Waals surface area contributed by atoms with Crippen LogP contribution in [0.3, 0.4) is 0 Å². The van der Waals surface area contributed by atoms with E-state index in [9.17, 15) is 14.9 Å². The second kappa shape index (κ2) is 7.65. The molecule has 0 aliphatic carbocycles. The van der Waals surface area contributed by atoms with Crippen LogP contribution in [0.15, 0.2) is 65.8 Å². The Morgan fingerprint density at radius 1 is 1.13 bits per heavy atom. The van der Waals surface area contributed by atoms with Gasteiger partial charge < -0.3 is 0 Å². The van der Waals surface area contributed by atoms with Crippen molar-refractivity contribution in [2.24, 2.45) is 5.10 Å². The zero-order valence-corrected chi connectivity index (χ0v) is 12.5. The fourth-order valence-electron chi connectivity index (χ4n) is 1.76. The van der Waals surface area contributed by atoms with Gasteiger partial charge in [-0.15, -0.1) is 0 Å². The van der Waals surface area contributed by atoms with Crippen molar-refractivity contribution in [3.8, 4) is 0 Å². The van der Waals surface area contributed by atoms with Gasteiger partial charge in [-0.1, -0.05) is 36.4 Å². The topological polar surface area (TPSA) is 84.6 Å². The fraction of sp³-hybridized carbons (Fsp3) is 0.0588. The van der Waals surface area contributed by atoms with E-state index in [1.165, 1.54) is 24.3 Å². The fourth-order valence-corrected chi connectivity index (χ4v) is 1.76. The number of carbonyl (C=O) groups excluding carboxylic acids is 1. The van der Waals surface area contributed by atoms with Crippen molar-refractivity contribution in [2.75, 3.05) is 0 Å². The van der Waals surface area contributed by atoms with Gasteiger partial charge in [-0.2, -0.15) is 5.10 Å². The molecule has 0 saturated heterocycles. The number of hydrogen-bond acceptors (Lipinski definition) is 4. The first-order chi connectivity index (χ1) is 11.1. The van der Waals surface area contributed by atoms with Gasteiger partial charge in [0.05, 0.1) is 10.6 Å². The molecule has 0 aliphatic heterocycles. The summed E-state index contributed by atoms with van der Waals surface area (Å²) in [5, 5.41) is 14.5. The van der Waals surface area contributed by atoms with Crippen molar-refractivity contribution >= 4 is 23.4 Å². The molecule has 0 unspecified atom stereocenters. The Labute approximate surface area is 133 Å². The number of nitro benzene ring substituents is 1. The Morgan fingerprint density at radius 2 is 1.78 bits per heavy atom. The van der Waals surface area contributed by atoms with Crippen LogP contribution in [0.1, 0.15) is 22.8 Å². The molecule has 0 bridgehead atoms. The number of hydrogen-bond donors (Lipinski definition) is 1. The highest BCUT2D eigenvalue weighted by Gasteiger charge is 2.08. The van der Waals surface area contributed by atoms with Crippen molar-refractivity contribution in [3.63, 3.8) is 0 Å². The van der Waals surface area contributed by atoms with Crippen LogP contribution in [0.5, 0.6) is 0 Å². The van der Waals surface area contributed by atoms with Gasteiger partial charge in [-0.25, -0.2) is 5.43 Å². The second-order valence-corrected chi connectivity index (χ2v) is 4.74. The van der Waals surface area contributed by atoms with Crippen molar-refractivity contribution in [3.05, 3.63) is 81.9 Å². The number of amides is 1. The lowest BCUT2D eigenvalue weighted by Crippen LogP contribution is -2.18. The van der Waals surface area contributed by atoms with Crippen LogP contribution >= 0.6 is 0 Å². The predicted molar refractivity (Wildman–Crippen MR) is 89.1 cm³/mol. The summed E-state index contributed by atoms with van der Waals surface area (Å²) in [6, 6.07) is 15.0. The first-order valence-corrected chi connectivity index (χ1v) is 6.88. The second-order valence-electron chi connectivity index (χ2n) is 4.74. The van der Waals surface area contributed by atoms with Crippen LogP contribution in [-0.2, 0) is 0 Å². The third kappa shape index (κ3) is 4.89. The minimum absolute atomic E-state index is 0.0629. The summed E-state index contributed by atoms with van der Waals surface area (Å²) in [4.78, 5) is 21.9. The van der Waals surface area contributed by atoms with Gasteiger partial charge in [0.25, 0.3) is 11.6 Å². The molecule has 0 fully saturated rings. The average Bonchev–Trinajstić information content (AvgIpc) is 2.58. The minimum atomic E-state index is -0.516. The summed E-state index contributed by atoms with van der Waals surface area (Å²) in [6.45, 7) is 1.76. The first-order valence-electron chi connectivity index (χ1n) is 6.88. The van der Waals surface area contributed by atoms with E-state index in [2.05, 4.69) is 10.5 Å². The zero-order valence-electron chi connectivity index (χ0n) is 12.5. The van der Waals surface area contributed by atoms with Crippen LogP contribution in [0, 0.1) is 10.1 Å². The van der Waals surface area contributed by atoms with Gasteiger partial charge in [-0.05, 0) is 30.7 Å². The van der Waals surface area contributed by atoms with Crippen LogP contribution in [0.2, 0.25) is 0 Å². The van der Waals surface area contributed by atoms with Gasteiger partial charge in [0.1, 0.15) is 0 Å². The number of hydrazone groups is 1. The lowest BCUT2D eigenvalue weighted by Gasteiger charge is -2.00. The Bertz CT molecular complexity index is 750. The molecule has 0 aliphatic rings. The molecule has 0 heterocycles. The number of nitrogens with zero attached hydrogens (tertiary/aromatic N) is 2. The standard InChI is InChI=1S/C17H15N3O3/c1-13(7-8-14-5-3-2-4-6-14)18-19-17(21)15-9-11-16(12-10-15)20(22)23/h2-12H,1H3,(H,19,21). The summed E-state index contributed by atoms with van der Waals surface area (Å²) in [5.41, 5.74) is 4.31. The molecule has 0 atom stereocenters. The third-order valence-electron chi connectivity index (χ3n) is 2.99. The molecule has 0 radical (unpaired) electrons. The highest BCUT2D eigenvalue weighted by atomic mass is 16.6. The number of nitrogens with one attached hydrogen (secondary N) is 1. The SMILES string of the molecule is CC(C=Cc1ccccc1)=NNC(=O)c1ccc([N+](=O)[O-])cc1. The number of allylic oxidation sites excluding steroid dienone is 1. The van der Waals surface area contributed by atoms with E-state index < -0.39 is 10.8 Å². The third-order valence-corrected chi connectivity index (χ3v) is 2.99. The Hall–Kier alpha value is -3.28. The molecule has 2 aromatic carbocycles. The smallest absolute Gasteiger partial charge is 0.267 e. The average molecular weight is 309 g/mol. The van der Waals surface area contributed by atoms with E-state index in [0.29, 0.717) is 11.3 Å². The summed E-state index contributed by atoms with van der Waals surface area (Å²) in [5.74, 6) is -0.424. The van der Waals surface area contributed by atoms with E-state index in [4.69, 9.17) is 0 Å². The van der Waals surface area contributed by atoms with Crippen molar-refractivity contribution in [1.82, 2.24) is 5.43 Å². The van der Waals surface area contributed by atoms with Crippen LogP contribution in [-0.4, -0.2) is 16.5 Å². The molecule has 2 rings (SSSR count). The van der Waals surface area contributed by atoms with Crippen molar-refractivity contribution in [1.29, 1.82) is 0 Å². The molecule has 23 heavy (non-hydrogen) atoms. The number of non-ortho nitro benzene ring substituents is 1. The first kappa shape index (κ1) is 16.1. The molecule has 0 aromatic heterocycles. The number of benzene rings is 2. The van der Waals surface area contributed by atoms with Crippen molar-refractivity contribution < 1.29 is 9.72 Å². The van der Waals surface area contributed by atoms with Gasteiger partial charge >= 0.3 is 0 Å². The largest absolute Gasteiger partial charge is 0.271 e. The Balaban J connectivity index is 1.97. The number of carbonyl (C=O) groups is 1. The van der Waals surface area contributed by atoms with Crippen LogP contribution in [0.4, 0.5) is 5.69 Å². The molecule has 116 valence electrons. The molecule has 6 heteroatoms. The molecule has 6 nitrogen and oxygen atoms in total. The highest BCUT2D eigenvalue weighted by molar-refractivity contribution is 5.99. The quantitative estimate of drug-likeness (QED) is 0.522. The maximum Gasteiger partial charge on any atom is 0.271 e. The van der Waals surface area contributed by atoms with Gasteiger partial charge in [0, 0.05) is 17.7 Å². The van der Waals surface area contributed by atoms with Gasteiger partial charge in [-0.3, -0.25) is 14.9 Å². The van der Waals surface area contributed by atoms with E-state index >= 15 is 0 Å². The van der Waals surface area contributed by atoms with Crippen LogP contribution < -0.4 is 5.43 Å². The van der Waals surface area contributed by atoms with E-state index in [1.807, 2.05) is 36.4 Å². The Morgan fingerprint density at radius 3 is 2.39 bits per heavy atom. The van der Waals surface area contributed by atoms with E-state index in [-0.39, 0.29) is 5.69 Å². The molecular weight excluding hydrogens is 294 g/mol. The maximum atomic E-state index is 11.9. The number of rotatable bonds is 5. The predicted octanol–water partition coefficient (Wildman–Crippen LogP) is 3.41. The zero-order chi connectivity index (χ0) is 16.7. The molecule has 1 N–H and O–H groups in total. The van der Waals surface area contributed by atoms with E-state index in [1.54, 1.807) is 13.0 Å². The molecule has 2 aromatic rings. The monoisotopic (exact) mass is 309 g/mol.